The third-order valence-electron chi connectivity index (χ3n) is 5.44. The highest BCUT2D eigenvalue weighted by Gasteiger charge is 2.32. The molecule has 0 spiro atoms. The van der Waals surface area contributed by atoms with Gasteiger partial charge in [-0.1, -0.05) is 24.1 Å². The van der Waals surface area contributed by atoms with Crippen molar-refractivity contribution in [2.75, 3.05) is 18.5 Å². The van der Waals surface area contributed by atoms with Gasteiger partial charge in [0.05, 0.1) is 18.8 Å². The number of hydrogen-bond donors (Lipinski definition) is 4. The molecular formula is C20H28ClN3O4. The van der Waals surface area contributed by atoms with E-state index in [2.05, 4.69) is 16.0 Å². The predicted molar refractivity (Wildman–Crippen MR) is 107 cm³/mol. The molecule has 1 aliphatic heterocycles. The zero-order valence-corrected chi connectivity index (χ0v) is 16.6. The van der Waals surface area contributed by atoms with Crippen molar-refractivity contribution in [1.82, 2.24) is 10.6 Å². The van der Waals surface area contributed by atoms with Gasteiger partial charge in [-0.2, -0.15) is 0 Å². The van der Waals surface area contributed by atoms with E-state index in [-0.39, 0.29) is 36.6 Å². The van der Waals surface area contributed by atoms with Crippen LogP contribution in [0, 0.1) is 5.92 Å². The molecule has 1 saturated carbocycles. The van der Waals surface area contributed by atoms with E-state index in [1.54, 1.807) is 24.3 Å². The van der Waals surface area contributed by atoms with Gasteiger partial charge in [0.1, 0.15) is 6.10 Å². The number of aliphatic hydroxyl groups excluding tert-OH is 1. The fraction of sp³-hybridized carbons (Fsp3) is 0.600. The number of amides is 3. The number of hydrogen-bond acceptors (Lipinski definition) is 4. The molecule has 1 saturated heterocycles. The molecule has 1 aromatic carbocycles. The van der Waals surface area contributed by atoms with Crippen LogP contribution >= 0.6 is 11.6 Å². The van der Waals surface area contributed by atoms with Crippen molar-refractivity contribution in [3.05, 3.63) is 29.3 Å². The van der Waals surface area contributed by atoms with Crippen LogP contribution in [0.2, 0.25) is 5.02 Å². The van der Waals surface area contributed by atoms with Crippen molar-refractivity contribution in [1.29, 1.82) is 0 Å². The van der Waals surface area contributed by atoms with Gasteiger partial charge in [0, 0.05) is 23.2 Å². The van der Waals surface area contributed by atoms with Crippen molar-refractivity contribution < 1.29 is 19.4 Å². The summed E-state index contributed by atoms with van der Waals surface area (Å²) in [6.07, 6.45) is 4.79. The Morgan fingerprint density at radius 1 is 1.21 bits per heavy atom. The van der Waals surface area contributed by atoms with E-state index in [9.17, 15) is 14.7 Å². The minimum absolute atomic E-state index is 0.0344. The first-order chi connectivity index (χ1) is 13.5. The highest BCUT2D eigenvalue weighted by Crippen LogP contribution is 2.26. The minimum Gasteiger partial charge on any atom is -0.394 e. The number of anilines is 1. The highest BCUT2D eigenvalue weighted by molar-refractivity contribution is 6.30. The Morgan fingerprint density at radius 2 is 2.04 bits per heavy atom. The average molecular weight is 410 g/mol. The molecule has 1 aliphatic carbocycles. The molecule has 4 N–H and O–H groups in total. The van der Waals surface area contributed by atoms with Crippen LogP contribution in [0.15, 0.2) is 24.3 Å². The second-order valence-electron chi connectivity index (χ2n) is 7.48. The number of benzene rings is 1. The Balaban J connectivity index is 1.40. The van der Waals surface area contributed by atoms with Gasteiger partial charge in [-0.15, -0.1) is 0 Å². The lowest BCUT2D eigenvalue weighted by Gasteiger charge is -2.36. The standard InChI is InChI=1S/C20H28ClN3O4/c21-14-5-2-6-15(11-14)23-20(27)24-17-8-7-16(28-18(17)12-25)9-10-22-19(26)13-3-1-4-13/h2,5-6,11,13,16-18,25H,1,3-4,7-10,12H2,(H,22,26)(H2,23,24,27)/t16-,17-,18-/m1/s1. The van der Waals surface area contributed by atoms with E-state index in [4.69, 9.17) is 16.3 Å². The molecule has 2 fully saturated rings. The summed E-state index contributed by atoms with van der Waals surface area (Å²) in [5.74, 6) is 0.321. The van der Waals surface area contributed by atoms with E-state index in [0.717, 1.165) is 25.7 Å². The second kappa shape index (κ2) is 10.1. The number of nitrogens with one attached hydrogen (secondary N) is 3. The molecule has 2 aliphatic rings. The monoisotopic (exact) mass is 409 g/mol. The maximum Gasteiger partial charge on any atom is 0.319 e. The Labute approximate surface area is 170 Å². The van der Waals surface area contributed by atoms with Crippen molar-refractivity contribution in [3.63, 3.8) is 0 Å². The van der Waals surface area contributed by atoms with Crippen LogP contribution in [0.25, 0.3) is 0 Å². The van der Waals surface area contributed by atoms with Crippen LogP contribution < -0.4 is 16.0 Å². The fourth-order valence-electron chi connectivity index (χ4n) is 3.58. The summed E-state index contributed by atoms with van der Waals surface area (Å²) in [5.41, 5.74) is 0.599. The van der Waals surface area contributed by atoms with E-state index in [1.807, 2.05) is 0 Å². The average Bonchev–Trinajstić information content (AvgIpc) is 2.61. The van der Waals surface area contributed by atoms with Crippen LogP contribution in [0.5, 0.6) is 0 Å². The number of carbonyl (C=O) groups is 2. The summed E-state index contributed by atoms with van der Waals surface area (Å²) in [6.45, 7) is 0.401. The van der Waals surface area contributed by atoms with E-state index in [1.165, 1.54) is 0 Å². The Bertz CT molecular complexity index is 683. The lowest BCUT2D eigenvalue weighted by molar-refractivity contribution is -0.127. The second-order valence-corrected chi connectivity index (χ2v) is 7.92. The Kier molecular flexibility index (Phi) is 7.53. The van der Waals surface area contributed by atoms with Crippen molar-refractivity contribution >= 4 is 29.2 Å². The highest BCUT2D eigenvalue weighted by atomic mass is 35.5. The number of urea groups is 1. The smallest absolute Gasteiger partial charge is 0.319 e. The molecule has 154 valence electrons. The van der Waals surface area contributed by atoms with Crippen LogP contribution in [0.4, 0.5) is 10.5 Å². The molecule has 0 bridgehead atoms. The molecule has 1 aromatic rings. The molecule has 3 atom stereocenters. The molecule has 3 amide bonds. The first-order valence-corrected chi connectivity index (χ1v) is 10.3. The van der Waals surface area contributed by atoms with Gasteiger partial charge in [-0.05, 0) is 50.3 Å². The SMILES string of the molecule is O=C(Nc1cccc(Cl)c1)N[C@@H]1CC[C@H](CCNC(=O)C2CCC2)O[C@@H]1CO. The van der Waals surface area contributed by atoms with Gasteiger partial charge in [-0.3, -0.25) is 4.79 Å². The third kappa shape index (κ3) is 5.83. The summed E-state index contributed by atoms with van der Waals surface area (Å²) >= 11 is 5.92. The van der Waals surface area contributed by atoms with Crippen molar-refractivity contribution in [2.24, 2.45) is 5.92 Å². The van der Waals surface area contributed by atoms with Gasteiger partial charge in [0.25, 0.3) is 0 Å². The molecule has 0 radical (unpaired) electrons. The zero-order valence-electron chi connectivity index (χ0n) is 15.8. The number of rotatable bonds is 7. The fourth-order valence-corrected chi connectivity index (χ4v) is 3.77. The number of aliphatic hydroxyl groups is 1. The van der Waals surface area contributed by atoms with Gasteiger partial charge in [0.2, 0.25) is 5.91 Å². The lowest BCUT2D eigenvalue weighted by Crippen LogP contribution is -2.52. The van der Waals surface area contributed by atoms with E-state index >= 15 is 0 Å². The number of halogens is 1. The van der Waals surface area contributed by atoms with Crippen molar-refractivity contribution in [2.45, 2.75) is 56.8 Å². The molecule has 0 aromatic heterocycles. The quantitative estimate of drug-likeness (QED) is 0.556. The summed E-state index contributed by atoms with van der Waals surface area (Å²) in [7, 11) is 0. The summed E-state index contributed by atoms with van der Waals surface area (Å²) in [5, 5.41) is 18.8. The van der Waals surface area contributed by atoms with E-state index in [0.29, 0.717) is 30.1 Å². The van der Waals surface area contributed by atoms with E-state index < -0.39 is 6.10 Å². The largest absolute Gasteiger partial charge is 0.394 e. The van der Waals surface area contributed by atoms with Gasteiger partial charge in [0.15, 0.2) is 0 Å². The van der Waals surface area contributed by atoms with Crippen LogP contribution in [-0.4, -0.2) is 48.4 Å². The predicted octanol–water partition coefficient (Wildman–Crippen LogP) is 2.68. The summed E-state index contributed by atoms with van der Waals surface area (Å²) in [6, 6.07) is 6.27. The van der Waals surface area contributed by atoms with Crippen LogP contribution in [0.1, 0.15) is 38.5 Å². The molecule has 1 heterocycles. The summed E-state index contributed by atoms with van der Waals surface area (Å²) in [4.78, 5) is 24.1. The number of ether oxygens (including phenoxy) is 1. The van der Waals surface area contributed by atoms with Gasteiger partial charge < -0.3 is 25.8 Å². The Hall–Kier alpha value is -1.83. The lowest BCUT2D eigenvalue weighted by atomic mass is 9.85. The normalized spacial score (nSPS) is 24.9. The Morgan fingerprint density at radius 3 is 2.71 bits per heavy atom. The first-order valence-electron chi connectivity index (χ1n) is 9.92. The number of carbonyl (C=O) groups excluding carboxylic acids is 2. The third-order valence-corrected chi connectivity index (χ3v) is 5.67. The maximum atomic E-state index is 12.2. The summed E-state index contributed by atoms with van der Waals surface area (Å²) < 4.78 is 5.94. The first kappa shape index (κ1) is 20.9. The molecule has 7 nitrogen and oxygen atoms in total. The zero-order chi connectivity index (χ0) is 19.9. The van der Waals surface area contributed by atoms with Crippen LogP contribution in [0.3, 0.4) is 0 Å². The maximum absolute atomic E-state index is 12.2. The molecule has 8 heteroatoms. The molecule has 0 unspecified atom stereocenters. The van der Waals surface area contributed by atoms with Gasteiger partial charge >= 0.3 is 6.03 Å². The van der Waals surface area contributed by atoms with Crippen LogP contribution in [-0.2, 0) is 9.53 Å². The molecule has 3 rings (SSSR count). The minimum atomic E-state index is -0.466. The topological polar surface area (TPSA) is 99.7 Å². The molecular weight excluding hydrogens is 382 g/mol. The molecule has 28 heavy (non-hydrogen) atoms. The van der Waals surface area contributed by atoms with Gasteiger partial charge in [-0.25, -0.2) is 4.79 Å². The van der Waals surface area contributed by atoms with Crippen molar-refractivity contribution in [3.8, 4) is 0 Å².